The van der Waals surface area contributed by atoms with Gasteiger partial charge in [-0.1, -0.05) is 61.0 Å². The topological polar surface area (TPSA) is 84.5 Å². The number of esters is 1. The number of carbonyl (C=O) groups excluding carboxylic acids is 3. The summed E-state index contributed by atoms with van der Waals surface area (Å²) in [5.41, 5.74) is 3.82. The van der Waals surface area contributed by atoms with E-state index in [1.54, 1.807) is 30.3 Å². The third-order valence-corrected chi connectivity index (χ3v) is 10.0. The van der Waals surface area contributed by atoms with Crippen molar-refractivity contribution < 1.29 is 19.1 Å². The third kappa shape index (κ3) is 6.89. The van der Waals surface area contributed by atoms with Gasteiger partial charge in [0.2, 0.25) is 5.91 Å². The molecule has 0 fully saturated rings. The van der Waals surface area contributed by atoms with Gasteiger partial charge in [-0.05, 0) is 79.1 Å². The van der Waals surface area contributed by atoms with Crippen molar-refractivity contribution in [3.05, 3.63) is 111 Å². The van der Waals surface area contributed by atoms with Crippen LogP contribution in [0.15, 0.2) is 83.8 Å². The molecule has 1 heterocycles. The fraction of sp³-hybridized carbons (Fsp3) is 0.242. The van der Waals surface area contributed by atoms with E-state index in [2.05, 4.69) is 34.9 Å². The summed E-state index contributed by atoms with van der Waals surface area (Å²) in [5, 5.41) is 6.58. The smallest absolute Gasteiger partial charge is 0.341 e. The van der Waals surface area contributed by atoms with Crippen LogP contribution in [0.4, 0.5) is 10.7 Å². The number of carbonyl (C=O) groups is 3. The van der Waals surface area contributed by atoms with Gasteiger partial charge in [0.15, 0.2) is 0 Å². The molecule has 1 aromatic heterocycles. The minimum atomic E-state index is -0.426. The molecular formula is C33H31ClN2O4S2. The lowest BCUT2D eigenvalue weighted by atomic mass is 9.83. The molecule has 3 aromatic carbocycles. The molecule has 4 aromatic rings. The minimum absolute atomic E-state index is 0.181. The summed E-state index contributed by atoms with van der Waals surface area (Å²) in [4.78, 5) is 41.0. The Morgan fingerprint density at radius 2 is 1.81 bits per heavy atom. The van der Waals surface area contributed by atoms with E-state index in [0.717, 1.165) is 34.6 Å². The number of benzene rings is 3. The number of ether oxygens (including phenoxy) is 1. The number of thiophene rings is 1. The summed E-state index contributed by atoms with van der Waals surface area (Å²) in [6, 6.07) is 24.6. The van der Waals surface area contributed by atoms with Gasteiger partial charge >= 0.3 is 5.97 Å². The van der Waals surface area contributed by atoms with E-state index in [4.69, 9.17) is 16.3 Å². The molecule has 5 rings (SSSR count). The number of hydrogen-bond acceptors (Lipinski definition) is 6. The Kier molecular flexibility index (Phi) is 9.67. The van der Waals surface area contributed by atoms with Crippen molar-refractivity contribution in [1.29, 1.82) is 0 Å². The van der Waals surface area contributed by atoms with Crippen LogP contribution in [-0.2, 0) is 22.4 Å². The zero-order chi connectivity index (χ0) is 29.6. The number of amides is 2. The lowest BCUT2D eigenvalue weighted by Gasteiger charge is -2.22. The summed E-state index contributed by atoms with van der Waals surface area (Å²) in [6.07, 6.45) is 3.09. The van der Waals surface area contributed by atoms with E-state index in [-0.39, 0.29) is 11.8 Å². The van der Waals surface area contributed by atoms with E-state index in [9.17, 15) is 14.4 Å². The van der Waals surface area contributed by atoms with Crippen LogP contribution >= 0.6 is 34.7 Å². The summed E-state index contributed by atoms with van der Waals surface area (Å²) in [5.74, 6) is -0.503. The van der Waals surface area contributed by atoms with E-state index in [1.165, 1.54) is 35.8 Å². The van der Waals surface area contributed by atoms with Gasteiger partial charge < -0.3 is 15.4 Å². The Hall–Kier alpha value is -3.59. The number of fused-ring (bicyclic) bond motifs is 1. The molecule has 1 aliphatic carbocycles. The van der Waals surface area contributed by atoms with Crippen molar-refractivity contribution >= 4 is 63.2 Å². The second kappa shape index (κ2) is 13.6. The van der Waals surface area contributed by atoms with Crippen LogP contribution in [0.25, 0.3) is 0 Å². The van der Waals surface area contributed by atoms with Crippen LogP contribution in [0.3, 0.4) is 0 Å². The van der Waals surface area contributed by atoms with Crippen molar-refractivity contribution in [3.63, 3.8) is 0 Å². The highest BCUT2D eigenvalue weighted by molar-refractivity contribution is 8.00. The Bertz CT molecular complexity index is 1600. The summed E-state index contributed by atoms with van der Waals surface area (Å²) >= 11 is 8.92. The molecule has 0 aliphatic heterocycles. The van der Waals surface area contributed by atoms with Gasteiger partial charge in [0.1, 0.15) is 5.00 Å². The Balaban J connectivity index is 1.30. The first kappa shape index (κ1) is 29.9. The van der Waals surface area contributed by atoms with Crippen molar-refractivity contribution in [1.82, 2.24) is 0 Å². The zero-order valence-electron chi connectivity index (χ0n) is 23.3. The second-order valence-electron chi connectivity index (χ2n) is 10.0. The summed E-state index contributed by atoms with van der Waals surface area (Å²) in [7, 11) is 1.37. The quantitative estimate of drug-likeness (QED) is 0.146. The van der Waals surface area contributed by atoms with Gasteiger partial charge in [-0.3, -0.25) is 9.59 Å². The highest BCUT2D eigenvalue weighted by atomic mass is 35.5. The van der Waals surface area contributed by atoms with Crippen LogP contribution in [0.2, 0.25) is 5.02 Å². The van der Waals surface area contributed by atoms with Gasteiger partial charge in [-0.25, -0.2) is 4.79 Å². The first-order chi connectivity index (χ1) is 20.4. The fourth-order valence-electron chi connectivity index (χ4n) is 5.16. The number of methoxy groups -OCH3 is 1. The van der Waals surface area contributed by atoms with Crippen molar-refractivity contribution in [2.45, 2.75) is 48.7 Å². The Morgan fingerprint density at radius 3 is 2.55 bits per heavy atom. The van der Waals surface area contributed by atoms with Crippen LogP contribution < -0.4 is 10.6 Å². The number of thioether (sulfide) groups is 1. The molecule has 2 N–H and O–H groups in total. The van der Waals surface area contributed by atoms with Crippen LogP contribution in [0, 0.1) is 0 Å². The van der Waals surface area contributed by atoms with E-state index in [1.807, 2.05) is 31.2 Å². The molecule has 9 heteroatoms. The normalized spacial score (nSPS) is 14.9. The van der Waals surface area contributed by atoms with E-state index in [0.29, 0.717) is 39.2 Å². The van der Waals surface area contributed by atoms with Crippen LogP contribution in [0.1, 0.15) is 62.4 Å². The first-order valence-corrected chi connectivity index (χ1v) is 15.9. The Labute approximate surface area is 258 Å². The molecule has 216 valence electrons. The van der Waals surface area contributed by atoms with Crippen molar-refractivity contribution in [3.8, 4) is 0 Å². The SMILES string of the molecule is CCC(Sc1cccc(NC(=O)c2cccc(Cl)c2)c1)C(=O)Nc1sc2c(c1C(=O)OC)CCC(c1ccccc1)C2. The molecule has 0 saturated heterocycles. The molecule has 1 aliphatic rings. The average Bonchev–Trinajstić information content (AvgIpc) is 3.37. The highest BCUT2D eigenvalue weighted by Crippen LogP contribution is 2.43. The molecule has 2 atom stereocenters. The number of nitrogens with one attached hydrogen (secondary N) is 2. The lowest BCUT2D eigenvalue weighted by molar-refractivity contribution is -0.115. The van der Waals surface area contributed by atoms with Gasteiger partial charge in [-0.15, -0.1) is 23.1 Å². The highest BCUT2D eigenvalue weighted by Gasteiger charge is 2.31. The Morgan fingerprint density at radius 1 is 1.02 bits per heavy atom. The number of hydrogen-bond donors (Lipinski definition) is 2. The summed E-state index contributed by atoms with van der Waals surface area (Å²) in [6.45, 7) is 1.95. The van der Waals surface area contributed by atoms with E-state index >= 15 is 0 Å². The number of anilines is 2. The largest absolute Gasteiger partial charge is 0.465 e. The lowest BCUT2D eigenvalue weighted by Crippen LogP contribution is -2.25. The molecule has 2 unspecified atom stereocenters. The van der Waals surface area contributed by atoms with Crippen LogP contribution in [-0.4, -0.2) is 30.1 Å². The number of rotatable bonds is 9. The maximum atomic E-state index is 13.5. The van der Waals surface area contributed by atoms with Crippen molar-refractivity contribution in [2.24, 2.45) is 0 Å². The predicted molar refractivity (Wildman–Crippen MR) is 171 cm³/mol. The standard InChI is InChI=1S/C33H31ClN2O4S2/c1-3-27(41-25-14-8-13-24(19-25)35-30(37)22-11-7-12-23(34)17-22)31(38)36-32-29(33(39)40-2)26-16-15-21(18-28(26)42-32)20-9-5-4-6-10-20/h4-14,17,19,21,27H,3,15-16,18H2,1-2H3,(H,35,37)(H,36,38). The van der Waals surface area contributed by atoms with Gasteiger partial charge in [0, 0.05) is 26.0 Å². The van der Waals surface area contributed by atoms with E-state index < -0.39 is 11.2 Å². The number of halogens is 1. The molecule has 42 heavy (non-hydrogen) atoms. The molecule has 2 amide bonds. The first-order valence-electron chi connectivity index (χ1n) is 13.8. The van der Waals surface area contributed by atoms with Gasteiger partial charge in [0.05, 0.1) is 17.9 Å². The molecule has 0 saturated carbocycles. The zero-order valence-corrected chi connectivity index (χ0v) is 25.7. The molecule has 6 nitrogen and oxygen atoms in total. The molecular weight excluding hydrogens is 588 g/mol. The van der Waals surface area contributed by atoms with Gasteiger partial charge in [-0.2, -0.15) is 0 Å². The fourth-order valence-corrected chi connectivity index (χ4v) is 7.68. The van der Waals surface area contributed by atoms with Crippen molar-refractivity contribution in [2.75, 3.05) is 17.7 Å². The monoisotopic (exact) mass is 618 g/mol. The average molecular weight is 619 g/mol. The molecule has 0 radical (unpaired) electrons. The second-order valence-corrected chi connectivity index (χ2v) is 12.9. The maximum absolute atomic E-state index is 13.5. The molecule has 0 spiro atoms. The van der Waals surface area contributed by atoms with Crippen LogP contribution in [0.5, 0.6) is 0 Å². The third-order valence-electron chi connectivity index (χ3n) is 7.28. The summed E-state index contributed by atoms with van der Waals surface area (Å²) < 4.78 is 5.13. The maximum Gasteiger partial charge on any atom is 0.341 e. The minimum Gasteiger partial charge on any atom is -0.465 e. The van der Waals surface area contributed by atoms with Gasteiger partial charge in [0.25, 0.3) is 5.91 Å². The molecule has 0 bridgehead atoms. The predicted octanol–water partition coefficient (Wildman–Crippen LogP) is 8.22.